The van der Waals surface area contributed by atoms with Crippen molar-refractivity contribution in [2.45, 2.75) is 33.4 Å². The highest BCUT2D eigenvalue weighted by Crippen LogP contribution is 2.20. The molecule has 2 aromatic carbocycles. The van der Waals surface area contributed by atoms with E-state index in [-0.39, 0.29) is 12.1 Å². The molecule has 0 aliphatic rings. The summed E-state index contributed by atoms with van der Waals surface area (Å²) in [5, 5.41) is 2.86. The maximum Gasteiger partial charge on any atom is 0.321 e. The van der Waals surface area contributed by atoms with E-state index >= 15 is 0 Å². The Balaban J connectivity index is 1.95. The Morgan fingerprint density at radius 1 is 1.17 bits per heavy atom. The highest BCUT2D eigenvalue weighted by Gasteiger charge is 2.11. The first kappa shape index (κ1) is 16.9. The van der Waals surface area contributed by atoms with E-state index in [2.05, 4.69) is 24.4 Å². The largest absolute Gasteiger partial charge is 0.489 e. The van der Waals surface area contributed by atoms with Crippen LogP contribution < -0.4 is 15.0 Å². The fraction of sp³-hybridized carbons (Fsp3) is 0.316. The molecule has 0 heterocycles. The molecule has 4 heteroatoms. The SMILES string of the molecule is Cc1cccc(COc2ccc(N(C)C(=O)NC(C)C)cc2)c1. The summed E-state index contributed by atoms with van der Waals surface area (Å²) in [5.74, 6) is 0.785. The molecule has 0 saturated heterocycles. The number of ether oxygens (including phenoxy) is 1. The Kier molecular flexibility index (Phi) is 5.63. The fourth-order valence-electron chi connectivity index (χ4n) is 2.20. The quantitative estimate of drug-likeness (QED) is 0.902. The minimum Gasteiger partial charge on any atom is -0.489 e. The molecular formula is C19H24N2O2. The van der Waals surface area contributed by atoms with Gasteiger partial charge in [-0.2, -0.15) is 0 Å². The molecule has 2 amide bonds. The minimum absolute atomic E-state index is 0.113. The maximum atomic E-state index is 12.0. The highest BCUT2D eigenvalue weighted by molar-refractivity contribution is 5.91. The van der Waals surface area contributed by atoms with E-state index in [9.17, 15) is 4.79 Å². The van der Waals surface area contributed by atoms with Gasteiger partial charge >= 0.3 is 6.03 Å². The van der Waals surface area contributed by atoms with Crippen molar-refractivity contribution in [3.63, 3.8) is 0 Å². The summed E-state index contributed by atoms with van der Waals surface area (Å²) in [5.41, 5.74) is 3.19. The number of hydrogen-bond acceptors (Lipinski definition) is 2. The topological polar surface area (TPSA) is 41.6 Å². The molecule has 0 atom stereocenters. The number of nitrogens with zero attached hydrogens (tertiary/aromatic N) is 1. The van der Waals surface area contributed by atoms with E-state index in [1.54, 1.807) is 11.9 Å². The third-order valence-electron chi connectivity index (χ3n) is 3.43. The van der Waals surface area contributed by atoms with Crippen LogP contribution in [0.4, 0.5) is 10.5 Å². The highest BCUT2D eigenvalue weighted by atomic mass is 16.5. The lowest BCUT2D eigenvalue weighted by molar-refractivity contribution is 0.245. The van der Waals surface area contributed by atoms with Crippen molar-refractivity contribution in [1.29, 1.82) is 0 Å². The molecular weight excluding hydrogens is 288 g/mol. The van der Waals surface area contributed by atoms with Gasteiger partial charge in [0.05, 0.1) is 0 Å². The Bertz CT molecular complexity index is 651. The molecule has 0 aliphatic heterocycles. The molecule has 0 saturated carbocycles. The smallest absolute Gasteiger partial charge is 0.321 e. The van der Waals surface area contributed by atoms with Crippen LogP contribution in [-0.4, -0.2) is 19.1 Å². The third kappa shape index (κ3) is 5.02. The van der Waals surface area contributed by atoms with Gasteiger partial charge in [-0.05, 0) is 50.6 Å². The summed E-state index contributed by atoms with van der Waals surface area (Å²) in [6, 6.07) is 15.8. The van der Waals surface area contributed by atoms with Gasteiger partial charge in [0.2, 0.25) is 0 Å². The molecule has 0 unspecified atom stereocenters. The summed E-state index contributed by atoms with van der Waals surface area (Å²) in [6.07, 6.45) is 0. The first-order valence-corrected chi connectivity index (χ1v) is 7.78. The summed E-state index contributed by atoms with van der Waals surface area (Å²) >= 11 is 0. The van der Waals surface area contributed by atoms with Gasteiger partial charge in [-0.1, -0.05) is 29.8 Å². The second-order valence-electron chi connectivity index (χ2n) is 5.93. The first-order chi connectivity index (χ1) is 11.0. The van der Waals surface area contributed by atoms with Gasteiger partial charge in [0.1, 0.15) is 12.4 Å². The zero-order valence-corrected chi connectivity index (χ0v) is 14.2. The van der Waals surface area contributed by atoms with Crippen LogP contribution in [0.2, 0.25) is 0 Å². The summed E-state index contributed by atoms with van der Waals surface area (Å²) in [6.45, 7) is 6.48. The van der Waals surface area contributed by atoms with E-state index in [0.29, 0.717) is 6.61 Å². The van der Waals surface area contributed by atoms with Crippen LogP contribution in [0.5, 0.6) is 5.75 Å². The van der Waals surface area contributed by atoms with Crippen molar-refractivity contribution < 1.29 is 9.53 Å². The van der Waals surface area contributed by atoms with Crippen LogP contribution in [0, 0.1) is 6.92 Å². The molecule has 122 valence electrons. The number of urea groups is 1. The Labute approximate surface area is 138 Å². The van der Waals surface area contributed by atoms with Crippen LogP contribution >= 0.6 is 0 Å². The Hall–Kier alpha value is -2.49. The number of anilines is 1. The predicted octanol–water partition coefficient (Wildman–Crippen LogP) is 4.13. The number of nitrogens with one attached hydrogen (secondary N) is 1. The average molecular weight is 312 g/mol. The van der Waals surface area contributed by atoms with Gasteiger partial charge < -0.3 is 10.1 Å². The summed E-state index contributed by atoms with van der Waals surface area (Å²) in [7, 11) is 1.75. The van der Waals surface area contributed by atoms with Crippen molar-refractivity contribution in [2.24, 2.45) is 0 Å². The van der Waals surface area contributed by atoms with Gasteiger partial charge in [-0.3, -0.25) is 4.90 Å². The zero-order chi connectivity index (χ0) is 16.8. The number of amides is 2. The number of carbonyl (C=O) groups is 1. The van der Waals surface area contributed by atoms with E-state index < -0.39 is 0 Å². The van der Waals surface area contributed by atoms with Crippen LogP contribution in [0.1, 0.15) is 25.0 Å². The fourth-order valence-corrected chi connectivity index (χ4v) is 2.20. The van der Waals surface area contributed by atoms with Crippen LogP contribution in [0.3, 0.4) is 0 Å². The lowest BCUT2D eigenvalue weighted by Gasteiger charge is -2.20. The van der Waals surface area contributed by atoms with Crippen molar-refractivity contribution >= 4 is 11.7 Å². The van der Waals surface area contributed by atoms with E-state index in [1.807, 2.05) is 50.2 Å². The molecule has 0 spiro atoms. The number of carbonyl (C=O) groups excluding carboxylic acids is 1. The first-order valence-electron chi connectivity index (χ1n) is 7.78. The molecule has 23 heavy (non-hydrogen) atoms. The van der Waals surface area contributed by atoms with Crippen LogP contribution in [0.15, 0.2) is 48.5 Å². The number of hydrogen-bond donors (Lipinski definition) is 1. The Morgan fingerprint density at radius 2 is 1.87 bits per heavy atom. The lowest BCUT2D eigenvalue weighted by atomic mass is 10.1. The standard InChI is InChI=1S/C19H24N2O2/c1-14(2)20-19(22)21(4)17-8-10-18(11-9-17)23-13-16-7-5-6-15(3)12-16/h5-12,14H,13H2,1-4H3,(H,20,22). The molecule has 2 aromatic rings. The average Bonchev–Trinajstić information content (AvgIpc) is 2.52. The number of benzene rings is 2. The van der Waals surface area contributed by atoms with Gasteiger partial charge in [0.25, 0.3) is 0 Å². The van der Waals surface area contributed by atoms with E-state index in [4.69, 9.17) is 4.74 Å². The molecule has 1 N–H and O–H groups in total. The van der Waals surface area contributed by atoms with Gasteiger partial charge in [-0.25, -0.2) is 4.79 Å². The molecule has 0 aliphatic carbocycles. The Morgan fingerprint density at radius 3 is 2.48 bits per heavy atom. The van der Waals surface area contributed by atoms with Gasteiger partial charge in [-0.15, -0.1) is 0 Å². The van der Waals surface area contributed by atoms with E-state index in [0.717, 1.165) is 17.0 Å². The van der Waals surface area contributed by atoms with Crippen molar-refractivity contribution in [1.82, 2.24) is 5.32 Å². The van der Waals surface area contributed by atoms with Crippen molar-refractivity contribution in [2.75, 3.05) is 11.9 Å². The molecule has 4 nitrogen and oxygen atoms in total. The summed E-state index contributed by atoms with van der Waals surface area (Å²) in [4.78, 5) is 13.6. The van der Waals surface area contributed by atoms with Crippen molar-refractivity contribution in [3.05, 3.63) is 59.7 Å². The molecule has 0 aromatic heterocycles. The third-order valence-corrected chi connectivity index (χ3v) is 3.43. The second-order valence-corrected chi connectivity index (χ2v) is 5.93. The lowest BCUT2D eigenvalue weighted by Crippen LogP contribution is -2.40. The monoisotopic (exact) mass is 312 g/mol. The van der Waals surface area contributed by atoms with Crippen LogP contribution in [0.25, 0.3) is 0 Å². The maximum absolute atomic E-state index is 12.0. The normalized spacial score (nSPS) is 10.5. The van der Waals surface area contributed by atoms with Crippen LogP contribution in [-0.2, 0) is 6.61 Å². The predicted molar refractivity (Wildman–Crippen MR) is 94.0 cm³/mol. The summed E-state index contributed by atoms with van der Waals surface area (Å²) < 4.78 is 5.79. The van der Waals surface area contributed by atoms with Gasteiger partial charge in [0.15, 0.2) is 0 Å². The zero-order valence-electron chi connectivity index (χ0n) is 14.2. The molecule has 2 rings (SSSR count). The minimum atomic E-state index is -0.117. The molecule has 0 radical (unpaired) electrons. The van der Waals surface area contributed by atoms with Gasteiger partial charge in [0, 0.05) is 18.8 Å². The van der Waals surface area contributed by atoms with E-state index in [1.165, 1.54) is 5.56 Å². The molecule has 0 bridgehead atoms. The number of aryl methyl sites for hydroxylation is 1. The molecule has 0 fully saturated rings. The number of rotatable bonds is 5. The van der Waals surface area contributed by atoms with Crippen molar-refractivity contribution in [3.8, 4) is 5.75 Å². The second kappa shape index (κ2) is 7.68.